The second-order valence-corrected chi connectivity index (χ2v) is 7.49. The Morgan fingerprint density at radius 1 is 1.00 bits per heavy atom. The van der Waals surface area contributed by atoms with Crippen LogP contribution in [0.4, 0.5) is 0 Å². The maximum atomic E-state index is 12.6. The van der Waals surface area contributed by atoms with Gasteiger partial charge in [0, 0.05) is 38.2 Å². The van der Waals surface area contributed by atoms with Gasteiger partial charge in [-0.15, -0.1) is 0 Å². The molecule has 2 rings (SSSR count). The fraction of sp³-hybridized carbons (Fsp3) is 0.579. The van der Waals surface area contributed by atoms with Crippen molar-refractivity contribution in [3.63, 3.8) is 0 Å². The van der Waals surface area contributed by atoms with Crippen LogP contribution in [-0.2, 0) is 4.79 Å². The number of rotatable bonds is 3. The van der Waals surface area contributed by atoms with Gasteiger partial charge >= 0.3 is 0 Å². The third kappa shape index (κ3) is 4.98. The second-order valence-electron chi connectivity index (χ2n) is 7.49. The van der Waals surface area contributed by atoms with Crippen LogP contribution in [-0.4, -0.2) is 54.9 Å². The maximum absolute atomic E-state index is 12.6. The van der Waals surface area contributed by atoms with E-state index in [1.165, 1.54) is 0 Å². The zero-order valence-corrected chi connectivity index (χ0v) is 15.2. The van der Waals surface area contributed by atoms with E-state index in [-0.39, 0.29) is 17.2 Å². The van der Waals surface area contributed by atoms with Crippen molar-refractivity contribution in [2.75, 3.05) is 33.3 Å². The van der Waals surface area contributed by atoms with E-state index in [0.717, 1.165) is 18.7 Å². The molecule has 0 unspecified atom stereocenters. The molecule has 0 N–H and O–H groups in total. The molecule has 0 saturated carbocycles. The number of methoxy groups -OCH3 is 1. The van der Waals surface area contributed by atoms with Crippen molar-refractivity contribution in [1.29, 1.82) is 0 Å². The maximum Gasteiger partial charge on any atom is 0.253 e. The molecule has 0 aliphatic carbocycles. The normalized spacial score (nSPS) is 15.8. The molecule has 0 aromatic heterocycles. The Hall–Kier alpha value is -2.04. The average molecular weight is 332 g/mol. The molecule has 0 radical (unpaired) electrons. The molecule has 0 atom stereocenters. The molecular formula is C19H28N2O3. The van der Waals surface area contributed by atoms with Crippen LogP contribution in [0.15, 0.2) is 24.3 Å². The van der Waals surface area contributed by atoms with Gasteiger partial charge in [-0.2, -0.15) is 0 Å². The number of hydrogen-bond acceptors (Lipinski definition) is 3. The van der Waals surface area contributed by atoms with Crippen LogP contribution in [0.2, 0.25) is 0 Å². The molecule has 2 amide bonds. The van der Waals surface area contributed by atoms with E-state index in [1.807, 2.05) is 9.80 Å². The van der Waals surface area contributed by atoms with Crippen LogP contribution in [0, 0.1) is 5.41 Å². The molecule has 1 aromatic carbocycles. The lowest BCUT2D eigenvalue weighted by Crippen LogP contribution is -2.38. The molecule has 5 heteroatoms. The van der Waals surface area contributed by atoms with Crippen molar-refractivity contribution in [2.45, 2.75) is 33.6 Å². The zero-order valence-electron chi connectivity index (χ0n) is 15.2. The van der Waals surface area contributed by atoms with Gasteiger partial charge in [-0.05, 0) is 36.1 Å². The molecule has 1 aromatic rings. The summed E-state index contributed by atoms with van der Waals surface area (Å²) < 4.78 is 5.13. The van der Waals surface area contributed by atoms with Gasteiger partial charge in [0.15, 0.2) is 0 Å². The van der Waals surface area contributed by atoms with Gasteiger partial charge in [0.05, 0.1) is 7.11 Å². The molecule has 0 spiro atoms. The van der Waals surface area contributed by atoms with Gasteiger partial charge in [-0.1, -0.05) is 20.8 Å². The average Bonchev–Trinajstić information content (AvgIpc) is 2.79. The van der Waals surface area contributed by atoms with E-state index < -0.39 is 0 Å². The van der Waals surface area contributed by atoms with Gasteiger partial charge in [-0.3, -0.25) is 9.59 Å². The standard InChI is InChI=1S/C19H28N2O3/c1-19(2,3)14-17(22)20-10-5-11-21(13-12-20)18(23)15-6-8-16(24-4)9-7-15/h6-9H,5,10-14H2,1-4H3. The highest BCUT2D eigenvalue weighted by atomic mass is 16.5. The van der Waals surface area contributed by atoms with Gasteiger partial charge in [0.25, 0.3) is 5.91 Å². The SMILES string of the molecule is COc1ccc(C(=O)N2CCCN(C(=O)CC(C)(C)C)CC2)cc1. The van der Waals surface area contributed by atoms with Crippen LogP contribution < -0.4 is 4.74 Å². The highest BCUT2D eigenvalue weighted by Crippen LogP contribution is 2.21. The predicted molar refractivity (Wildman–Crippen MR) is 94.2 cm³/mol. The summed E-state index contributed by atoms with van der Waals surface area (Å²) in [6.07, 6.45) is 1.36. The molecule has 1 fully saturated rings. The Bertz CT molecular complexity index is 575. The predicted octanol–water partition coefficient (Wildman–Crippen LogP) is 2.81. The molecule has 1 saturated heterocycles. The van der Waals surface area contributed by atoms with Crippen molar-refractivity contribution in [2.24, 2.45) is 5.41 Å². The number of benzene rings is 1. The summed E-state index contributed by atoms with van der Waals surface area (Å²) in [6.45, 7) is 8.82. The fourth-order valence-corrected chi connectivity index (χ4v) is 2.85. The summed E-state index contributed by atoms with van der Waals surface area (Å²) >= 11 is 0. The lowest BCUT2D eigenvalue weighted by molar-refractivity contribution is -0.132. The Morgan fingerprint density at radius 3 is 2.17 bits per heavy atom. The smallest absolute Gasteiger partial charge is 0.253 e. The summed E-state index contributed by atoms with van der Waals surface area (Å²) in [5.41, 5.74) is 0.646. The quantitative estimate of drug-likeness (QED) is 0.855. The van der Waals surface area contributed by atoms with Gasteiger partial charge in [-0.25, -0.2) is 0 Å². The summed E-state index contributed by atoms with van der Waals surface area (Å²) in [6, 6.07) is 7.16. The van der Waals surface area contributed by atoms with E-state index in [2.05, 4.69) is 20.8 Å². The van der Waals surface area contributed by atoms with Crippen molar-refractivity contribution < 1.29 is 14.3 Å². The number of carbonyl (C=O) groups is 2. The Balaban J connectivity index is 1.96. The number of carbonyl (C=O) groups excluding carboxylic acids is 2. The minimum absolute atomic E-state index is 0.0119. The number of amides is 2. The van der Waals surface area contributed by atoms with Crippen LogP contribution in [0.1, 0.15) is 44.0 Å². The summed E-state index contributed by atoms with van der Waals surface area (Å²) in [5, 5.41) is 0. The van der Waals surface area contributed by atoms with E-state index in [4.69, 9.17) is 4.74 Å². The van der Waals surface area contributed by atoms with E-state index >= 15 is 0 Å². The molecule has 1 aliphatic heterocycles. The van der Waals surface area contributed by atoms with Crippen molar-refractivity contribution >= 4 is 11.8 Å². The first-order chi connectivity index (χ1) is 11.3. The molecule has 132 valence electrons. The van der Waals surface area contributed by atoms with E-state index in [1.54, 1.807) is 31.4 Å². The molecular weight excluding hydrogens is 304 g/mol. The van der Waals surface area contributed by atoms with E-state index in [0.29, 0.717) is 31.6 Å². The first-order valence-corrected chi connectivity index (χ1v) is 8.51. The minimum atomic E-state index is -0.0119. The number of ether oxygens (including phenoxy) is 1. The Morgan fingerprint density at radius 2 is 1.58 bits per heavy atom. The Labute approximate surface area is 144 Å². The van der Waals surface area contributed by atoms with Crippen LogP contribution in [0.3, 0.4) is 0 Å². The van der Waals surface area contributed by atoms with Crippen LogP contribution >= 0.6 is 0 Å². The number of hydrogen-bond donors (Lipinski definition) is 0. The molecule has 1 aliphatic rings. The fourth-order valence-electron chi connectivity index (χ4n) is 2.85. The molecule has 0 bridgehead atoms. The summed E-state index contributed by atoms with van der Waals surface area (Å²) in [7, 11) is 1.61. The molecule has 24 heavy (non-hydrogen) atoms. The Kier molecular flexibility index (Phi) is 5.86. The first kappa shape index (κ1) is 18.3. The largest absolute Gasteiger partial charge is 0.497 e. The lowest BCUT2D eigenvalue weighted by Gasteiger charge is -2.25. The van der Waals surface area contributed by atoms with Crippen molar-refractivity contribution in [1.82, 2.24) is 9.80 Å². The van der Waals surface area contributed by atoms with Crippen molar-refractivity contribution in [3.8, 4) is 5.75 Å². The third-order valence-electron chi connectivity index (χ3n) is 4.15. The summed E-state index contributed by atoms with van der Waals surface area (Å²) in [4.78, 5) is 28.8. The topological polar surface area (TPSA) is 49.9 Å². The van der Waals surface area contributed by atoms with Gasteiger partial charge in [0.2, 0.25) is 5.91 Å². The van der Waals surface area contributed by atoms with E-state index in [9.17, 15) is 9.59 Å². The van der Waals surface area contributed by atoms with Crippen LogP contribution in [0.25, 0.3) is 0 Å². The first-order valence-electron chi connectivity index (χ1n) is 8.51. The van der Waals surface area contributed by atoms with Gasteiger partial charge < -0.3 is 14.5 Å². The van der Waals surface area contributed by atoms with Crippen molar-refractivity contribution in [3.05, 3.63) is 29.8 Å². The second kappa shape index (κ2) is 7.69. The highest BCUT2D eigenvalue weighted by Gasteiger charge is 2.25. The van der Waals surface area contributed by atoms with Crippen LogP contribution in [0.5, 0.6) is 5.75 Å². The van der Waals surface area contributed by atoms with Gasteiger partial charge in [0.1, 0.15) is 5.75 Å². The number of nitrogens with zero attached hydrogens (tertiary/aromatic N) is 2. The lowest BCUT2D eigenvalue weighted by atomic mass is 9.91. The zero-order chi connectivity index (χ0) is 17.7. The monoisotopic (exact) mass is 332 g/mol. The molecule has 1 heterocycles. The third-order valence-corrected chi connectivity index (χ3v) is 4.15. The minimum Gasteiger partial charge on any atom is -0.497 e. The highest BCUT2D eigenvalue weighted by molar-refractivity contribution is 5.94. The summed E-state index contributed by atoms with van der Waals surface area (Å²) in [5.74, 6) is 0.936. The molecule has 5 nitrogen and oxygen atoms in total.